The van der Waals surface area contributed by atoms with Crippen molar-refractivity contribution < 1.29 is 4.79 Å². The number of nitrogens with one attached hydrogen (secondary N) is 1. The molecule has 3 N–H and O–H groups in total. The molecule has 0 radical (unpaired) electrons. The normalized spacial score (nSPS) is 23.1. The van der Waals surface area contributed by atoms with Crippen molar-refractivity contribution in [3.63, 3.8) is 0 Å². The molecular formula is C16H26Cl2N4O. The number of amides is 1. The second-order valence-corrected chi connectivity index (χ2v) is 6.20. The summed E-state index contributed by atoms with van der Waals surface area (Å²) in [7, 11) is 0. The summed E-state index contributed by atoms with van der Waals surface area (Å²) in [5.41, 5.74) is 6.98. The van der Waals surface area contributed by atoms with Gasteiger partial charge in [-0.2, -0.15) is 0 Å². The lowest BCUT2D eigenvalue weighted by Gasteiger charge is -2.17. The van der Waals surface area contributed by atoms with Crippen LogP contribution in [0.15, 0.2) is 18.3 Å². The summed E-state index contributed by atoms with van der Waals surface area (Å²) in [6.07, 6.45) is 7.02. The van der Waals surface area contributed by atoms with Gasteiger partial charge in [0.2, 0.25) is 5.91 Å². The topological polar surface area (TPSA) is 71.2 Å². The first-order valence-corrected chi connectivity index (χ1v) is 7.95. The number of nitrogens with zero attached hydrogens (tertiary/aromatic N) is 2. The molecule has 130 valence electrons. The van der Waals surface area contributed by atoms with Crippen LogP contribution in [0.4, 0.5) is 5.82 Å². The van der Waals surface area contributed by atoms with Crippen molar-refractivity contribution in [3.05, 3.63) is 23.9 Å². The number of aromatic nitrogens is 1. The van der Waals surface area contributed by atoms with Crippen LogP contribution in [0.3, 0.4) is 0 Å². The molecule has 1 aliphatic carbocycles. The van der Waals surface area contributed by atoms with Crippen molar-refractivity contribution >= 4 is 36.5 Å². The van der Waals surface area contributed by atoms with Crippen molar-refractivity contribution in [1.82, 2.24) is 10.3 Å². The van der Waals surface area contributed by atoms with Gasteiger partial charge in [0.25, 0.3) is 0 Å². The predicted molar refractivity (Wildman–Crippen MR) is 97.3 cm³/mol. The van der Waals surface area contributed by atoms with Gasteiger partial charge >= 0.3 is 0 Å². The largest absolute Gasteiger partial charge is 0.357 e. The number of rotatable bonds is 4. The van der Waals surface area contributed by atoms with E-state index in [0.717, 1.165) is 43.7 Å². The Labute approximate surface area is 150 Å². The molecule has 2 fully saturated rings. The highest BCUT2D eigenvalue weighted by Gasteiger charge is 2.27. The Morgan fingerprint density at radius 3 is 2.70 bits per heavy atom. The highest BCUT2D eigenvalue weighted by Crippen LogP contribution is 2.24. The first-order chi connectivity index (χ1) is 10.2. The first kappa shape index (κ1) is 20.0. The van der Waals surface area contributed by atoms with E-state index in [4.69, 9.17) is 5.73 Å². The molecule has 7 heteroatoms. The van der Waals surface area contributed by atoms with Gasteiger partial charge in [-0.25, -0.2) is 4.98 Å². The molecule has 2 heterocycles. The molecule has 1 saturated carbocycles. The third-order valence-electron chi connectivity index (χ3n) is 4.55. The molecule has 2 aliphatic rings. The quantitative estimate of drug-likeness (QED) is 0.863. The van der Waals surface area contributed by atoms with E-state index in [1.54, 1.807) is 0 Å². The number of halogens is 2. The maximum Gasteiger partial charge on any atom is 0.223 e. The maximum atomic E-state index is 12.1. The molecule has 2 unspecified atom stereocenters. The van der Waals surface area contributed by atoms with Crippen LogP contribution in [0.2, 0.25) is 0 Å². The van der Waals surface area contributed by atoms with Gasteiger partial charge in [0.15, 0.2) is 0 Å². The Balaban J connectivity index is 0.00000132. The van der Waals surface area contributed by atoms with E-state index in [9.17, 15) is 4.79 Å². The zero-order valence-corrected chi connectivity index (χ0v) is 14.9. The second kappa shape index (κ2) is 9.30. The van der Waals surface area contributed by atoms with E-state index in [1.807, 2.05) is 12.3 Å². The monoisotopic (exact) mass is 360 g/mol. The van der Waals surface area contributed by atoms with Gasteiger partial charge in [-0.1, -0.05) is 0 Å². The van der Waals surface area contributed by atoms with Crippen molar-refractivity contribution in [2.45, 2.75) is 44.7 Å². The molecule has 2 atom stereocenters. The molecule has 1 aromatic heterocycles. The summed E-state index contributed by atoms with van der Waals surface area (Å²) in [5, 5.41) is 3.04. The van der Waals surface area contributed by atoms with Crippen molar-refractivity contribution in [2.24, 2.45) is 11.7 Å². The zero-order valence-electron chi connectivity index (χ0n) is 13.2. The number of hydrogen-bond acceptors (Lipinski definition) is 4. The van der Waals surface area contributed by atoms with Crippen molar-refractivity contribution in [2.75, 3.05) is 18.0 Å². The summed E-state index contributed by atoms with van der Waals surface area (Å²) in [6.45, 7) is 2.75. The van der Waals surface area contributed by atoms with Crippen LogP contribution in [0.5, 0.6) is 0 Å². The minimum Gasteiger partial charge on any atom is -0.357 e. The van der Waals surface area contributed by atoms with Gasteiger partial charge < -0.3 is 16.0 Å². The fourth-order valence-corrected chi connectivity index (χ4v) is 3.28. The maximum absolute atomic E-state index is 12.1. The molecule has 3 rings (SSSR count). The molecule has 1 aromatic rings. The lowest BCUT2D eigenvalue weighted by molar-refractivity contribution is -0.125. The number of pyridine rings is 1. The van der Waals surface area contributed by atoms with Crippen LogP contribution in [0.25, 0.3) is 0 Å². The van der Waals surface area contributed by atoms with E-state index in [-0.39, 0.29) is 42.7 Å². The van der Waals surface area contributed by atoms with Crippen molar-refractivity contribution in [3.8, 4) is 0 Å². The molecule has 0 spiro atoms. The van der Waals surface area contributed by atoms with E-state index >= 15 is 0 Å². The van der Waals surface area contributed by atoms with E-state index in [1.165, 1.54) is 12.8 Å². The Bertz CT molecular complexity index is 509. The number of carbonyl (C=O) groups excluding carboxylic acids is 1. The first-order valence-electron chi connectivity index (χ1n) is 7.95. The lowest BCUT2D eigenvalue weighted by Crippen LogP contribution is -2.30. The minimum atomic E-state index is 0. The number of nitrogens with two attached hydrogens (primary N) is 1. The molecule has 23 heavy (non-hydrogen) atoms. The van der Waals surface area contributed by atoms with Crippen LogP contribution < -0.4 is 16.0 Å². The zero-order chi connectivity index (χ0) is 14.7. The molecule has 0 bridgehead atoms. The molecule has 1 saturated heterocycles. The smallest absolute Gasteiger partial charge is 0.223 e. The fraction of sp³-hybridized carbons (Fsp3) is 0.625. The van der Waals surface area contributed by atoms with E-state index in [0.29, 0.717) is 6.54 Å². The Hall–Kier alpha value is -1.04. The second-order valence-electron chi connectivity index (χ2n) is 6.20. The van der Waals surface area contributed by atoms with Gasteiger partial charge in [-0.15, -0.1) is 24.8 Å². The van der Waals surface area contributed by atoms with Gasteiger partial charge in [-0.3, -0.25) is 4.79 Å². The van der Waals surface area contributed by atoms with Gasteiger partial charge in [0.05, 0.1) is 0 Å². The summed E-state index contributed by atoms with van der Waals surface area (Å²) in [4.78, 5) is 18.9. The summed E-state index contributed by atoms with van der Waals surface area (Å²) >= 11 is 0. The molecular weight excluding hydrogens is 335 g/mol. The Morgan fingerprint density at radius 2 is 2.04 bits per heavy atom. The summed E-state index contributed by atoms with van der Waals surface area (Å²) in [6, 6.07) is 4.26. The average Bonchev–Trinajstić information content (AvgIpc) is 3.16. The number of hydrogen-bond donors (Lipinski definition) is 2. The number of carbonyl (C=O) groups is 1. The van der Waals surface area contributed by atoms with E-state index < -0.39 is 0 Å². The summed E-state index contributed by atoms with van der Waals surface area (Å²) in [5.74, 6) is 1.27. The van der Waals surface area contributed by atoms with E-state index in [2.05, 4.69) is 21.3 Å². The lowest BCUT2D eigenvalue weighted by atomic mass is 10.1. The third-order valence-corrected chi connectivity index (χ3v) is 4.55. The Morgan fingerprint density at radius 1 is 1.30 bits per heavy atom. The van der Waals surface area contributed by atoms with Crippen LogP contribution in [-0.2, 0) is 11.3 Å². The standard InChI is InChI=1S/C16H24N4O.2ClH/c17-14-4-3-13(10-14)16(21)19-11-12-5-6-18-15(9-12)20-7-1-2-8-20;;/h5-6,9,13-14H,1-4,7-8,10-11,17H2,(H,19,21);2*1H. The Kier molecular flexibility index (Phi) is 8.09. The highest BCUT2D eigenvalue weighted by molar-refractivity contribution is 5.85. The fourth-order valence-electron chi connectivity index (χ4n) is 3.28. The third kappa shape index (κ3) is 5.23. The SMILES string of the molecule is Cl.Cl.NC1CCC(C(=O)NCc2ccnc(N3CCCC3)c2)C1. The van der Waals surface area contributed by atoms with Crippen LogP contribution >= 0.6 is 24.8 Å². The van der Waals surface area contributed by atoms with Gasteiger partial charge in [-0.05, 0) is 49.8 Å². The minimum absolute atomic E-state index is 0. The molecule has 5 nitrogen and oxygen atoms in total. The van der Waals surface area contributed by atoms with Crippen LogP contribution in [0.1, 0.15) is 37.7 Å². The van der Waals surface area contributed by atoms with Gasteiger partial charge in [0, 0.05) is 37.8 Å². The summed E-state index contributed by atoms with van der Waals surface area (Å²) < 4.78 is 0. The predicted octanol–water partition coefficient (Wildman–Crippen LogP) is 2.27. The number of anilines is 1. The van der Waals surface area contributed by atoms with Crippen molar-refractivity contribution in [1.29, 1.82) is 0 Å². The highest BCUT2D eigenvalue weighted by atomic mass is 35.5. The van der Waals surface area contributed by atoms with Gasteiger partial charge in [0.1, 0.15) is 5.82 Å². The molecule has 1 aliphatic heterocycles. The van der Waals surface area contributed by atoms with Crippen LogP contribution in [0, 0.1) is 5.92 Å². The molecule has 1 amide bonds. The van der Waals surface area contributed by atoms with Crippen LogP contribution in [-0.4, -0.2) is 30.0 Å². The average molecular weight is 361 g/mol. The molecule has 0 aromatic carbocycles.